The van der Waals surface area contributed by atoms with Crippen LogP contribution < -0.4 is 10.6 Å². The Morgan fingerprint density at radius 1 is 0.784 bits per heavy atom. The highest BCUT2D eigenvalue weighted by molar-refractivity contribution is 6.34. The highest BCUT2D eigenvalue weighted by Crippen LogP contribution is 2.34. The summed E-state index contributed by atoms with van der Waals surface area (Å²) in [5, 5.41) is 8.83. The molecule has 3 fully saturated rings. The minimum absolute atomic E-state index is 0.358. The Labute approximate surface area is 229 Å². The van der Waals surface area contributed by atoms with E-state index in [1.165, 1.54) is 57.8 Å². The highest BCUT2D eigenvalue weighted by atomic mass is 35.5. The summed E-state index contributed by atoms with van der Waals surface area (Å²) in [6.07, 6.45) is 15.4. The minimum Gasteiger partial charge on any atom is -0.365 e. The van der Waals surface area contributed by atoms with Gasteiger partial charge in [-0.1, -0.05) is 55.3 Å². The number of hydrogen-bond acceptors (Lipinski definition) is 6. The second kappa shape index (κ2) is 11.3. The maximum atomic E-state index is 6.21. The second-order valence-electron chi connectivity index (χ2n) is 11.1. The van der Waals surface area contributed by atoms with Crippen LogP contribution in [0.15, 0.2) is 24.5 Å². The number of imidazole rings is 1. The first-order valence-electron chi connectivity index (χ1n) is 14.1. The summed E-state index contributed by atoms with van der Waals surface area (Å²) in [5.74, 6) is 1.62. The number of fused-ring (bicyclic) bond motifs is 1. The fraction of sp³-hybridized carbons (Fsp3) is 0.607. The fourth-order valence-electron chi connectivity index (χ4n) is 6.35. The average molecular weight is 543 g/mol. The van der Waals surface area contributed by atoms with Crippen molar-refractivity contribution in [1.82, 2.24) is 24.4 Å². The number of nitrogens with zero attached hydrogens (tertiary/aromatic N) is 5. The van der Waals surface area contributed by atoms with Crippen LogP contribution in [-0.2, 0) is 6.54 Å². The van der Waals surface area contributed by atoms with E-state index in [9.17, 15) is 0 Å². The van der Waals surface area contributed by atoms with Crippen LogP contribution in [0.1, 0.15) is 82.2 Å². The van der Waals surface area contributed by atoms with Crippen molar-refractivity contribution in [3.05, 3.63) is 40.1 Å². The van der Waals surface area contributed by atoms with E-state index in [2.05, 4.69) is 20.1 Å². The van der Waals surface area contributed by atoms with E-state index in [0.29, 0.717) is 28.2 Å². The van der Waals surface area contributed by atoms with Crippen molar-refractivity contribution in [2.24, 2.45) is 0 Å². The standard InChI is InChI=1S/C28H37Cl2N7/c29-20-14-19(15-21(30)16-20)17-36-12-10-23(11-13-36)32-26-25-27(37(18-31-25)24-8-4-5-9-24)35-28(34-26)33-22-6-2-1-3-7-22/h14-16,18,22-24H,1-13,17H2,(H2,32,33,34,35). The van der Waals surface area contributed by atoms with Crippen LogP contribution in [-0.4, -0.2) is 49.6 Å². The summed E-state index contributed by atoms with van der Waals surface area (Å²) in [6.45, 7) is 2.89. The molecule has 1 aromatic carbocycles. The monoisotopic (exact) mass is 541 g/mol. The first kappa shape index (κ1) is 25.2. The fourth-order valence-corrected chi connectivity index (χ4v) is 6.92. The quantitative estimate of drug-likeness (QED) is 0.333. The molecule has 7 nitrogen and oxygen atoms in total. The van der Waals surface area contributed by atoms with Crippen molar-refractivity contribution in [3.63, 3.8) is 0 Å². The molecule has 198 valence electrons. The molecule has 3 aromatic rings. The van der Waals surface area contributed by atoms with E-state index in [-0.39, 0.29) is 0 Å². The lowest BCUT2D eigenvalue weighted by Gasteiger charge is -2.32. The Balaban J connectivity index is 1.18. The number of likely N-dealkylation sites (tertiary alicyclic amines) is 1. The molecule has 2 N–H and O–H groups in total. The molecule has 37 heavy (non-hydrogen) atoms. The van der Waals surface area contributed by atoms with Gasteiger partial charge in [0.2, 0.25) is 5.95 Å². The molecule has 2 aromatic heterocycles. The Morgan fingerprint density at radius 2 is 1.46 bits per heavy atom. The van der Waals surface area contributed by atoms with Crippen molar-refractivity contribution in [3.8, 4) is 0 Å². The molecule has 0 amide bonds. The van der Waals surface area contributed by atoms with Gasteiger partial charge in [0.05, 0.1) is 6.33 Å². The molecule has 3 heterocycles. The SMILES string of the molecule is Clc1cc(Cl)cc(CN2CCC(Nc3nc(NC4CCCCC4)nc4c3ncn4C3CCCC3)CC2)c1. The van der Waals surface area contributed by atoms with E-state index in [0.717, 1.165) is 61.0 Å². The molecular formula is C28H37Cl2N7. The lowest BCUT2D eigenvalue weighted by molar-refractivity contribution is 0.211. The zero-order chi connectivity index (χ0) is 25.2. The van der Waals surface area contributed by atoms with Crippen LogP contribution in [0.3, 0.4) is 0 Å². The molecule has 6 rings (SSSR count). The van der Waals surface area contributed by atoms with Gasteiger partial charge in [-0.05, 0) is 62.3 Å². The van der Waals surface area contributed by atoms with Gasteiger partial charge in [0, 0.05) is 47.8 Å². The van der Waals surface area contributed by atoms with Crippen molar-refractivity contribution in [2.75, 3.05) is 23.7 Å². The zero-order valence-corrected chi connectivity index (χ0v) is 22.9. The Hall–Kier alpha value is -2.09. The maximum Gasteiger partial charge on any atom is 0.227 e. The number of nitrogens with one attached hydrogen (secondary N) is 2. The number of aromatic nitrogens is 4. The third kappa shape index (κ3) is 5.99. The molecule has 0 atom stereocenters. The van der Waals surface area contributed by atoms with Crippen LogP contribution in [0.5, 0.6) is 0 Å². The van der Waals surface area contributed by atoms with E-state index in [1.54, 1.807) is 6.07 Å². The first-order chi connectivity index (χ1) is 18.1. The summed E-state index contributed by atoms with van der Waals surface area (Å²) < 4.78 is 2.31. The number of hydrogen-bond donors (Lipinski definition) is 2. The predicted octanol–water partition coefficient (Wildman–Crippen LogP) is 7.07. The number of rotatable bonds is 7. The molecular weight excluding hydrogens is 505 g/mol. The lowest BCUT2D eigenvalue weighted by atomic mass is 9.96. The molecule has 0 bridgehead atoms. The van der Waals surface area contributed by atoms with Gasteiger partial charge in [-0.3, -0.25) is 4.90 Å². The molecule has 0 unspecified atom stereocenters. The van der Waals surface area contributed by atoms with Crippen LogP contribution >= 0.6 is 23.2 Å². The third-order valence-electron chi connectivity index (χ3n) is 8.33. The van der Waals surface area contributed by atoms with E-state index < -0.39 is 0 Å². The topological polar surface area (TPSA) is 70.9 Å². The zero-order valence-electron chi connectivity index (χ0n) is 21.4. The average Bonchev–Trinajstić information content (AvgIpc) is 3.55. The highest BCUT2D eigenvalue weighted by Gasteiger charge is 2.25. The molecule has 1 saturated heterocycles. The van der Waals surface area contributed by atoms with Gasteiger partial charge in [0.25, 0.3) is 0 Å². The van der Waals surface area contributed by atoms with Gasteiger partial charge in [0.15, 0.2) is 17.0 Å². The normalized spacial score (nSPS) is 20.6. The van der Waals surface area contributed by atoms with Gasteiger partial charge in [-0.15, -0.1) is 0 Å². The summed E-state index contributed by atoms with van der Waals surface area (Å²) >= 11 is 12.4. The van der Waals surface area contributed by atoms with E-state index in [4.69, 9.17) is 38.2 Å². The van der Waals surface area contributed by atoms with Crippen molar-refractivity contribution in [1.29, 1.82) is 0 Å². The summed E-state index contributed by atoms with van der Waals surface area (Å²) in [6, 6.07) is 7.13. The predicted molar refractivity (Wildman–Crippen MR) is 152 cm³/mol. The molecule has 3 aliphatic rings. The molecule has 2 saturated carbocycles. The summed E-state index contributed by atoms with van der Waals surface area (Å²) in [5.41, 5.74) is 3.03. The van der Waals surface area contributed by atoms with Crippen LogP contribution in [0, 0.1) is 0 Å². The summed E-state index contributed by atoms with van der Waals surface area (Å²) in [7, 11) is 0. The third-order valence-corrected chi connectivity index (χ3v) is 8.77. The summed E-state index contributed by atoms with van der Waals surface area (Å²) in [4.78, 5) is 17.3. The van der Waals surface area contributed by atoms with Gasteiger partial charge >= 0.3 is 0 Å². The van der Waals surface area contributed by atoms with Crippen LogP contribution in [0.4, 0.5) is 11.8 Å². The number of benzene rings is 1. The van der Waals surface area contributed by atoms with Gasteiger partial charge in [0.1, 0.15) is 0 Å². The lowest BCUT2D eigenvalue weighted by Crippen LogP contribution is -2.39. The number of halogens is 2. The molecule has 0 radical (unpaired) electrons. The molecule has 9 heteroatoms. The molecule has 0 spiro atoms. The minimum atomic E-state index is 0.358. The van der Waals surface area contributed by atoms with Crippen LogP contribution in [0.2, 0.25) is 10.0 Å². The van der Waals surface area contributed by atoms with Gasteiger partial charge < -0.3 is 15.2 Å². The largest absolute Gasteiger partial charge is 0.365 e. The maximum absolute atomic E-state index is 6.21. The first-order valence-corrected chi connectivity index (χ1v) is 14.8. The number of anilines is 2. The van der Waals surface area contributed by atoms with E-state index in [1.807, 2.05) is 18.5 Å². The Bertz CT molecular complexity index is 1190. The second-order valence-corrected chi connectivity index (χ2v) is 12.0. The van der Waals surface area contributed by atoms with Crippen LogP contribution in [0.25, 0.3) is 11.2 Å². The Kier molecular flexibility index (Phi) is 7.72. The van der Waals surface area contributed by atoms with E-state index >= 15 is 0 Å². The number of piperidine rings is 1. The smallest absolute Gasteiger partial charge is 0.227 e. The van der Waals surface area contributed by atoms with Crippen molar-refractivity contribution in [2.45, 2.75) is 95.3 Å². The van der Waals surface area contributed by atoms with Gasteiger partial charge in [-0.25, -0.2) is 4.98 Å². The van der Waals surface area contributed by atoms with Gasteiger partial charge in [-0.2, -0.15) is 9.97 Å². The molecule has 2 aliphatic carbocycles. The van der Waals surface area contributed by atoms with Crippen molar-refractivity contribution < 1.29 is 0 Å². The van der Waals surface area contributed by atoms with Crippen molar-refractivity contribution >= 4 is 46.1 Å². The Morgan fingerprint density at radius 3 is 2.19 bits per heavy atom. The molecule has 1 aliphatic heterocycles.